The Morgan fingerprint density at radius 3 is 2.04 bits per heavy atom. The van der Waals surface area contributed by atoms with Crippen LogP contribution in [0.5, 0.6) is 0 Å². The van der Waals surface area contributed by atoms with Crippen molar-refractivity contribution in [2.24, 2.45) is 29.6 Å². The second-order valence-electron chi connectivity index (χ2n) is 8.65. The molecule has 5 nitrogen and oxygen atoms in total. The molecule has 0 aromatic heterocycles. The normalized spacial score (nSPS) is 36.9. The first kappa shape index (κ1) is 19.5. The van der Waals surface area contributed by atoms with Crippen molar-refractivity contribution >= 4 is 11.9 Å². The molecule has 1 unspecified atom stereocenters. The highest BCUT2D eigenvalue weighted by molar-refractivity contribution is 5.80. The summed E-state index contributed by atoms with van der Waals surface area (Å²) in [4.78, 5) is 23.6. The van der Waals surface area contributed by atoms with Gasteiger partial charge in [0.2, 0.25) is 0 Å². The summed E-state index contributed by atoms with van der Waals surface area (Å²) >= 11 is 0. The van der Waals surface area contributed by atoms with Gasteiger partial charge < -0.3 is 14.6 Å². The zero-order valence-corrected chi connectivity index (χ0v) is 15.5. The van der Waals surface area contributed by atoms with Gasteiger partial charge in [-0.3, -0.25) is 0 Å². The highest BCUT2D eigenvalue weighted by atomic mass is 19.3. The predicted molar refractivity (Wildman–Crippen MR) is 88.3 cm³/mol. The van der Waals surface area contributed by atoms with Crippen LogP contribution in [0.4, 0.5) is 8.78 Å². The quantitative estimate of drug-likeness (QED) is 0.724. The van der Waals surface area contributed by atoms with Gasteiger partial charge in [0.1, 0.15) is 5.60 Å². The Kier molecular flexibility index (Phi) is 5.05. The van der Waals surface area contributed by atoms with Crippen molar-refractivity contribution in [3.8, 4) is 0 Å². The number of esters is 2. The van der Waals surface area contributed by atoms with Gasteiger partial charge in [-0.05, 0) is 61.7 Å². The van der Waals surface area contributed by atoms with Gasteiger partial charge in [-0.2, -0.15) is 8.78 Å². The van der Waals surface area contributed by atoms with E-state index in [-0.39, 0.29) is 17.8 Å². The Bertz CT molecular complexity index is 546. The lowest BCUT2D eigenvalue weighted by molar-refractivity contribution is -0.232. The number of halogens is 2. The third kappa shape index (κ3) is 3.12. The lowest BCUT2D eigenvalue weighted by Crippen LogP contribution is -2.63. The Labute approximate surface area is 152 Å². The molecule has 26 heavy (non-hydrogen) atoms. The fraction of sp³-hybridized carbons (Fsp3) is 0.895. The van der Waals surface area contributed by atoms with Gasteiger partial charge in [0.05, 0.1) is 13.5 Å². The van der Waals surface area contributed by atoms with E-state index in [2.05, 4.69) is 4.74 Å². The third-order valence-electron chi connectivity index (χ3n) is 6.80. The first-order valence-corrected chi connectivity index (χ1v) is 9.47. The van der Waals surface area contributed by atoms with Crippen molar-refractivity contribution in [1.29, 1.82) is 0 Å². The Morgan fingerprint density at radius 2 is 1.62 bits per heavy atom. The van der Waals surface area contributed by atoms with Crippen molar-refractivity contribution in [1.82, 2.24) is 0 Å². The molecule has 4 bridgehead atoms. The summed E-state index contributed by atoms with van der Waals surface area (Å²) in [7, 11) is 0.837. The van der Waals surface area contributed by atoms with E-state index in [1.165, 1.54) is 6.42 Å². The molecule has 4 aliphatic rings. The zero-order valence-electron chi connectivity index (χ0n) is 15.5. The molecule has 0 saturated heterocycles. The first-order chi connectivity index (χ1) is 12.1. The molecule has 4 rings (SSSR count). The number of rotatable bonds is 6. The van der Waals surface area contributed by atoms with E-state index in [9.17, 15) is 23.5 Å². The third-order valence-corrected chi connectivity index (χ3v) is 6.80. The molecule has 148 valence electrons. The van der Waals surface area contributed by atoms with Gasteiger partial charge in [-0.1, -0.05) is 13.8 Å². The van der Waals surface area contributed by atoms with E-state index in [0.29, 0.717) is 11.8 Å². The van der Waals surface area contributed by atoms with Crippen molar-refractivity contribution in [3.63, 3.8) is 0 Å². The van der Waals surface area contributed by atoms with Crippen molar-refractivity contribution in [2.75, 3.05) is 7.11 Å². The number of alkyl halides is 2. The summed E-state index contributed by atoms with van der Waals surface area (Å²) in [5.41, 5.74) is -0.702. The lowest BCUT2D eigenvalue weighted by Gasteiger charge is -2.62. The number of carbonyl (C=O) groups excluding carboxylic acids is 2. The number of aliphatic hydroxyl groups is 1. The topological polar surface area (TPSA) is 72.8 Å². The molecule has 0 heterocycles. The van der Waals surface area contributed by atoms with E-state index in [1.54, 1.807) is 0 Å². The summed E-state index contributed by atoms with van der Waals surface area (Å²) in [6.45, 7) is 3.98. The lowest BCUT2D eigenvalue weighted by atomic mass is 9.47. The molecule has 0 aromatic rings. The average molecular weight is 374 g/mol. The largest absolute Gasteiger partial charge is 0.465 e. The van der Waals surface area contributed by atoms with Crippen LogP contribution in [0.1, 0.15) is 52.4 Å². The number of aliphatic hydroxyl groups excluding tert-OH is 1. The van der Waals surface area contributed by atoms with Gasteiger partial charge in [0.15, 0.2) is 6.10 Å². The molecule has 0 aromatic carbocycles. The van der Waals surface area contributed by atoms with Crippen LogP contribution < -0.4 is 0 Å². The summed E-state index contributed by atoms with van der Waals surface area (Å²) in [5, 5.41) is 9.99. The molecular formula is C19H28F2O5. The van der Waals surface area contributed by atoms with E-state index in [4.69, 9.17) is 4.74 Å². The van der Waals surface area contributed by atoms with Crippen molar-refractivity contribution in [3.05, 3.63) is 0 Å². The summed E-state index contributed by atoms with van der Waals surface area (Å²) < 4.78 is 37.3. The van der Waals surface area contributed by atoms with Crippen LogP contribution in [0, 0.1) is 29.6 Å². The summed E-state index contributed by atoms with van der Waals surface area (Å²) in [5.74, 6) is -4.95. The maximum Gasteiger partial charge on any atom is 0.376 e. The SMILES string of the molecule is COC(=O)C(F)(F)CC(O)C(=O)OC1(C(C)C)C2CC3CC(C2)CC1C3. The Balaban J connectivity index is 1.75. The average Bonchev–Trinajstić information content (AvgIpc) is 2.55. The molecule has 4 saturated carbocycles. The van der Waals surface area contributed by atoms with Gasteiger partial charge >= 0.3 is 17.9 Å². The van der Waals surface area contributed by atoms with Crippen LogP contribution >= 0.6 is 0 Å². The molecule has 1 N–H and O–H groups in total. The van der Waals surface area contributed by atoms with E-state index >= 15 is 0 Å². The second kappa shape index (κ2) is 6.73. The van der Waals surface area contributed by atoms with Crippen LogP contribution in [0.15, 0.2) is 0 Å². The summed E-state index contributed by atoms with van der Waals surface area (Å²) in [6, 6.07) is 0. The Morgan fingerprint density at radius 1 is 1.12 bits per heavy atom. The molecule has 0 amide bonds. The smallest absolute Gasteiger partial charge is 0.376 e. The maximum atomic E-state index is 13.7. The zero-order chi connectivity index (χ0) is 19.3. The molecule has 0 radical (unpaired) electrons. The fourth-order valence-corrected chi connectivity index (χ4v) is 5.95. The molecule has 1 atom stereocenters. The highest BCUT2D eigenvalue weighted by Gasteiger charge is 2.61. The van der Waals surface area contributed by atoms with Crippen LogP contribution in [0.3, 0.4) is 0 Å². The van der Waals surface area contributed by atoms with E-state index in [0.717, 1.165) is 32.8 Å². The van der Waals surface area contributed by atoms with Crippen molar-refractivity contribution < 1.29 is 33.0 Å². The Hall–Kier alpha value is -1.24. The molecule has 4 aliphatic carbocycles. The number of methoxy groups -OCH3 is 1. The van der Waals surface area contributed by atoms with Crippen LogP contribution in [-0.4, -0.2) is 41.8 Å². The van der Waals surface area contributed by atoms with Crippen molar-refractivity contribution in [2.45, 2.75) is 70.0 Å². The van der Waals surface area contributed by atoms with Gasteiger partial charge in [0.25, 0.3) is 0 Å². The fourth-order valence-electron chi connectivity index (χ4n) is 5.95. The van der Waals surface area contributed by atoms with Gasteiger partial charge in [-0.25, -0.2) is 9.59 Å². The molecule has 0 spiro atoms. The summed E-state index contributed by atoms with van der Waals surface area (Å²) in [6.07, 6.45) is 1.83. The second-order valence-corrected chi connectivity index (χ2v) is 8.65. The molecule has 4 fully saturated rings. The minimum atomic E-state index is -3.93. The number of hydrogen-bond donors (Lipinski definition) is 1. The monoisotopic (exact) mass is 374 g/mol. The minimum Gasteiger partial charge on any atom is -0.465 e. The van der Waals surface area contributed by atoms with E-state index < -0.39 is 36.0 Å². The molecular weight excluding hydrogens is 346 g/mol. The molecule has 7 heteroatoms. The van der Waals surface area contributed by atoms with Gasteiger partial charge in [0, 0.05) is 0 Å². The number of hydrogen-bond acceptors (Lipinski definition) is 5. The van der Waals surface area contributed by atoms with E-state index in [1.807, 2.05) is 13.8 Å². The van der Waals surface area contributed by atoms with Crippen LogP contribution in [0.2, 0.25) is 0 Å². The standard InChI is InChI=1S/C19H28F2O5/c1-10(2)19(13-5-11-4-12(7-13)8-14(19)6-11)26-16(23)15(22)9-18(20,21)17(24)25-3/h10-15,22H,4-9H2,1-3H3. The van der Waals surface area contributed by atoms with Crippen LogP contribution in [0.25, 0.3) is 0 Å². The van der Waals surface area contributed by atoms with Crippen LogP contribution in [-0.2, 0) is 19.1 Å². The maximum absolute atomic E-state index is 13.7. The minimum absolute atomic E-state index is 0.0368. The number of ether oxygens (including phenoxy) is 2. The predicted octanol–water partition coefficient (Wildman–Crippen LogP) is 2.94. The number of carbonyl (C=O) groups is 2. The molecule has 0 aliphatic heterocycles. The first-order valence-electron chi connectivity index (χ1n) is 9.47. The van der Waals surface area contributed by atoms with Gasteiger partial charge in [-0.15, -0.1) is 0 Å². The highest BCUT2D eigenvalue weighted by Crippen LogP contribution is 2.61.